The second-order valence-electron chi connectivity index (χ2n) is 12.1. The average molecular weight is 591 g/mol. The van der Waals surface area contributed by atoms with Gasteiger partial charge in [-0.1, -0.05) is 115 Å². The lowest BCUT2D eigenvalue weighted by atomic mass is 9.70. The van der Waals surface area contributed by atoms with Gasteiger partial charge in [-0.05, 0) is 93.0 Å². The fourth-order valence-electron chi connectivity index (χ4n) is 7.68. The number of anilines is 4. The molecule has 0 heterocycles. The molecule has 0 atom stereocenters. The zero-order valence-electron chi connectivity index (χ0n) is 25.0. The third-order valence-corrected chi connectivity index (χ3v) is 9.50. The van der Waals surface area contributed by atoms with Crippen LogP contribution in [0.15, 0.2) is 164 Å². The van der Waals surface area contributed by atoms with Gasteiger partial charge in [-0.2, -0.15) is 0 Å². The Bertz CT molecular complexity index is 2210. The number of hydrogen-bond acceptors (Lipinski definition) is 3. The topological polar surface area (TPSA) is 44.3 Å². The number of phenolic OH excluding ortho intramolecular Hbond substituents is 1. The van der Waals surface area contributed by atoms with Crippen molar-refractivity contribution in [2.45, 2.75) is 5.41 Å². The highest BCUT2D eigenvalue weighted by Gasteiger charge is 2.52. The lowest BCUT2D eigenvalue weighted by Crippen LogP contribution is -2.26. The van der Waals surface area contributed by atoms with Crippen molar-refractivity contribution in [3.8, 4) is 39.1 Å². The minimum Gasteiger partial charge on any atom is -0.507 e. The lowest BCUT2D eigenvalue weighted by molar-refractivity contribution is 0.477. The largest absolute Gasteiger partial charge is 0.507 e. The molecule has 0 bridgehead atoms. The molecule has 2 aliphatic carbocycles. The van der Waals surface area contributed by atoms with Crippen LogP contribution in [-0.4, -0.2) is 5.11 Å². The highest BCUT2D eigenvalue weighted by Crippen LogP contribution is 2.65. The van der Waals surface area contributed by atoms with E-state index in [0.29, 0.717) is 0 Å². The summed E-state index contributed by atoms with van der Waals surface area (Å²) in [5, 5.41) is 19.1. The summed E-state index contributed by atoms with van der Waals surface area (Å²) in [6, 6.07) is 57.1. The van der Waals surface area contributed by atoms with Crippen LogP contribution in [0.1, 0.15) is 22.3 Å². The van der Waals surface area contributed by atoms with Crippen molar-refractivity contribution in [3.05, 3.63) is 186 Å². The molecule has 3 nitrogen and oxygen atoms in total. The van der Waals surface area contributed by atoms with Crippen LogP contribution in [-0.2, 0) is 5.41 Å². The first-order valence-corrected chi connectivity index (χ1v) is 15.7. The maximum absolute atomic E-state index is 11.7. The van der Waals surface area contributed by atoms with Gasteiger partial charge in [-0.15, -0.1) is 0 Å². The fourth-order valence-corrected chi connectivity index (χ4v) is 7.68. The van der Waals surface area contributed by atoms with Crippen molar-refractivity contribution in [3.63, 3.8) is 0 Å². The van der Waals surface area contributed by atoms with Crippen molar-refractivity contribution >= 4 is 22.7 Å². The fraction of sp³-hybridized carbons (Fsp3) is 0.0233. The minimum atomic E-state index is -0.587. The molecule has 0 fully saturated rings. The third kappa shape index (κ3) is 3.85. The van der Waals surface area contributed by atoms with E-state index in [1.54, 1.807) is 0 Å². The van der Waals surface area contributed by atoms with Gasteiger partial charge in [0, 0.05) is 33.9 Å². The van der Waals surface area contributed by atoms with Crippen molar-refractivity contribution < 1.29 is 5.11 Å². The van der Waals surface area contributed by atoms with E-state index in [-0.39, 0.29) is 5.75 Å². The van der Waals surface area contributed by atoms with Gasteiger partial charge in [0.2, 0.25) is 0 Å². The van der Waals surface area contributed by atoms with Crippen LogP contribution < -0.4 is 10.6 Å². The van der Waals surface area contributed by atoms with Crippen LogP contribution >= 0.6 is 0 Å². The Morgan fingerprint density at radius 2 is 0.935 bits per heavy atom. The quantitative estimate of drug-likeness (QED) is 0.187. The Hall–Kier alpha value is -6.06. The average Bonchev–Trinajstić information content (AvgIpc) is 3.56. The van der Waals surface area contributed by atoms with Crippen LogP contribution in [0.4, 0.5) is 22.7 Å². The summed E-state index contributed by atoms with van der Waals surface area (Å²) in [5.74, 6) is 0.268. The summed E-state index contributed by atoms with van der Waals surface area (Å²) in [7, 11) is 0. The zero-order chi connectivity index (χ0) is 30.7. The first-order chi connectivity index (χ1) is 22.7. The lowest BCUT2D eigenvalue weighted by Gasteiger charge is -2.31. The number of para-hydroxylation sites is 2. The molecule has 2 aliphatic rings. The summed E-state index contributed by atoms with van der Waals surface area (Å²) < 4.78 is 0. The number of fused-ring (bicyclic) bond motifs is 10. The Balaban J connectivity index is 1.40. The van der Waals surface area contributed by atoms with Crippen molar-refractivity contribution in [2.75, 3.05) is 10.6 Å². The molecule has 0 saturated heterocycles. The first kappa shape index (κ1) is 26.4. The molecule has 0 radical (unpaired) electrons. The Morgan fingerprint density at radius 3 is 1.57 bits per heavy atom. The summed E-state index contributed by atoms with van der Waals surface area (Å²) in [6.07, 6.45) is 0. The van der Waals surface area contributed by atoms with Gasteiger partial charge in [0.15, 0.2) is 0 Å². The summed E-state index contributed by atoms with van der Waals surface area (Å²) in [6.45, 7) is 0. The molecule has 1 spiro atoms. The number of rotatable bonds is 5. The maximum atomic E-state index is 11.7. The van der Waals surface area contributed by atoms with Crippen LogP contribution in [0.5, 0.6) is 5.75 Å². The Kier molecular flexibility index (Phi) is 5.87. The molecule has 0 saturated carbocycles. The second kappa shape index (κ2) is 10.3. The third-order valence-electron chi connectivity index (χ3n) is 9.50. The van der Waals surface area contributed by atoms with Gasteiger partial charge in [-0.25, -0.2) is 0 Å². The van der Waals surface area contributed by atoms with Gasteiger partial charge in [-0.3, -0.25) is 0 Å². The van der Waals surface area contributed by atoms with E-state index in [4.69, 9.17) is 0 Å². The molecule has 3 N–H and O–H groups in total. The first-order valence-electron chi connectivity index (χ1n) is 15.7. The van der Waals surface area contributed by atoms with Crippen LogP contribution in [0.25, 0.3) is 33.4 Å². The molecular weight excluding hydrogens is 560 g/mol. The molecule has 7 aromatic carbocycles. The molecule has 0 unspecified atom stereocenters. The number of phenols is 1. The van der Waals surface area contributed by atoms with E-state index >= 15 is 0 Å². The van der Waals surface area contributed by atoms with Crippen molar-refractivity contribution in [1.29, 1.82) is 0 Å². The molecule has 7 aromatic rings. The number of nitrogens with one attached hydrogen (secondary N) is 2. The standard InChI is InChI=1S/C43H30N2O/c46-41-27-35-38(26-34(41)28-14-4-1-5-15-28)43(36-22-12-10-20-32(36)33-21-11-13-23-37(33)43)39-24-31(44-29-16-6-2-7-17-29)25-40(42(35)39)45-30-18-8-3-9-19-30/h1-27,44-46H. The number of aromatic hydroxyl groups is 1. The van der Waals surface area contributed by atoms with Gasteiger partial charge < -0.3 is 15.7 Å². The van der Waals surface area contributed by atoms with E-state index in [0.717, 1.165) is 45.0 Å². The number of benzene rings is 7. The van der Waals surface area contributed by atoms with Crippen molar-refractivity contribution in [1.82, 2.24) is 0 Å². The molecule has 218 valence electrons. The van der Waals surface area contributed by atoms with Crippen molar-refractivity contribution in [2.24, 2.45) is 0 Å². The smallest absolute Gasteiger partial charge is 0.124 e. The Labute approximate surface area is 268 Å². The van der Waals surface area contributed by atoms with Gasteiger partial charge in [0.1, 0.15) is 5.75 Å². The molecule has 0 aliphatic heterocycles. The summed E-state index contributed by atoms with van der Waals surface area (Å²) >= 11 is 0. The Morgan fingerprint density at radius 1 is 0.391 bits per heavy atom. The highest BCUT2D eigenvalue weighted by molar-refractivity contribution is 6.02. The SMILES string of the molecule is Oc1cc2c(cc1-c1ccccc1)C1(c3ccccc3-c3ccccc31)c1cc(Nc3ccccc3)cc(Nc3ccccc3)c1-2. The normalized spacial score (nSPS) is 13.0. The van der Waals surface area contributed by atoms with Gasteiger partial charge in [0.05, 0.1) is 5.41 Å². The zero-order valence-corrected chi connectivity index (χ0v) is 25.0. The van der Waals surface area contributed by atoms with E-state index in [2.05, 4.69) is 114 Å². The number of hydrogen-bond donors (Lipinski definition) is 3. The summed E-state index contributed by atoms with van der Waals surface area (Å²) in [5.41, 5.74) is 14.7. The minimum absolute atomic E-state index is 0.268. The van der Waals surface area contributed by atoms with Crippen LogP contribution in [0.2, 0.25) is 0 Å². The molecule has 0 amide bonds. The molecule has 0 aromatic heterocycles. The summed E-state index contributed by atoms with van der Waals surface area (Å²) in [4.78, 5) is 0. The van der Waals surface area contributed by atoms with E-state index in [9.17, 15) is 5.11 Å². The van der Waals surface area contributed by atoms with Gasteiger partial charge in [0.25, 0.3) is 0 Å². The molecular formula is C43H30N2O. The molecule has 9 rings (SSSR count). The highest BCUT2D eigenvalue weighted by atomic mass is 16.3. The van der Waals surface area contributed by atoms with E-state index < -0.39 is 5.41 Å². The monoisotopic (exact) mass is 590 g/mol. The van der Waals surface area contributed by atoms with E-state index in [1.165, 1.54) is 33.4 Å². The second-order valence-corrected chi connectivity index (χ2v) is 12.1. The van der Waals surface area contributed by atoms with E-state index in [1.807, 2.05) is 60.7 Å². The maximum Gasteiger partial charge on any atom is 0.124 e. The van der Waals surface area contributed by atoms with Crippen LogP contribution in [0.3, 0.4) is 0 Å². The predicted molar refractivity (Wildman–Crippen MR) is 189 cm³/mol. The predicted octanol–water partition coefficient (Wildman–Crippen LogP) is 10.9. The molecule has 3 heteroatoms. The van der Waals surface area contributed by atoms with Crippen LogP contribution in [0, 0.1) is 0 Å². The molecule has 46 heavy (non-hydrogen) atoms. The van der Waals surface area contributed by atoms with Gasteiger partial charge >= 0.3 is 0 Å².